The van der Waals surface area contributed by atoms with Gasteiger partial charge in [-0.15, -0.1) is 11.3 Å². The second-order valence-electron chi connectivity index (χ2n) is 5.90. The number of benzene rings is 2. The van der Waals surface area contributed by atoms with Crippen molar-refractivity contribution in [2.75, 3.05) is 0 Å². The van der Waals surface area contributed by atoms with Gasteiger partial charge in [0.05, 0.1) is 16.9 Å². The molecule has 0 fully saturated rings. The zero-order valence-corrected chi connectivity index (χ0v) is 16.6. The molecule has 1 heterocycles. The highest BCUT2D eigenvalue weighted by molar-refractivity contribution is 7.07. The molecule has 3 rings (SSSR count). The number of rotatable bonds is 4. The van der Waals surface area contributed by atoms with E-state index in [0.717, 1.165) is 21.6 Å². The minimum absolute atomic E-state index is 0.136. The van der Waals surface area contributed by atoms with E-state index in [1.165, 1.54) is 11.3 Å². The van der Waals surface area contributed by atoms with Crippen molar-refractivity contribution >= 4 is 40.8 Å². The molecule has 2 aromatic carbocycles. The van der Waals surface area contributed by atoms with Gasteiger partial charge < -0.3 is 5.11 Å². The summed E-state index contributed by atoms with van der Waals surface area (Å²) < 4.78 is 1.77. The van der Waals surface area contributed by atoms with Gasteiger partial charge >= 0.3 is 0 Å². The van der Waals surface area contributed by atoms with Gasteiger partial charge in [0.2, 0.25) is 4.80 Å². The quantitative estimate of drug-likeness (QED) is 0.578. The van der Waals surface area contributed by atoms with Crippen LogP contribution in [0.5, 0.6) is 5.75 Å². The molecule has 0 radical (unpaired) electrons. The molecule has 134 valence electrons. The van der Waals surface area contributed by atoms with Gasteiger partial charge in [-0.2, -0.15) is 5.10 Å². The summed E-state index contributed by atoms with van der Waals surface area (Å²) >= 11 is 13.9. The highest BCUT2D eigenvalue weighted by atomic mass is 35.5. The predicted octanol–water partition coefficient (Wildman–Crippen LogP) is 5.42. The lowest BCUT2D eigenvalue weighted by molar-refractivity contribution is 0.475. The van der Waals surface area contributed by atoms with Gasteiger partial charge in [-0.1, -0.05) is 23.2 Å². The minimum atomic E-state index is 0.136. The van der Waals surface area contributed by atoms with Crippen LogP contribution in [0.4, 0.5) is 0 Å². The molecule has 1 N–H and O–H groups in total. The van der Waals surface area contributed by atoms with Crippen molar-refractivity contribution in [1.82, 2.24) is 4.68 Å². The molecule has 26 heavy (non-hydrogen) atoms. The summed E-state index contributed by atoms with van der Waals surface area (Å²) in [6.45, 7) is 4.03. The molecule has 0 saturated carbocycles. The normalized spacial score (nSPS) is 12.4. The number of phenols is 1. The SMILES string of the molecule is CC(C)N=c1scc(-c2ccc(Cl)cc2Cl)n1N=Cc1ccc(O)cc1. The van der Waals surface area contributed by atoms with E-state index < -0.39 is 0 Å². The summed E-state index contributed by atoms with van der Waals surface area (Å²) in [5.41, 5.74) is 2.54. The van der Waals surface area contributed by atoms with Crippen LogP contribution < -0.4 is 4.80 Å². The molecular weight excluding hydrogens is 389 g/mol. The monoisotopic (exact) mass is 405 g/mol. The third kappa shape index (κ3) is 4.36. The van der Waals surface area contributed by atoms with Crippen LogP contribution in [-0.2, 0) is 0 Å². The fourth-order valence-electron chi connectivity index (χ4n) is 2.29. The van der Waals surface area contributed by atoms with Crippen LogP contribution in [-0.4, -0.2) is 22.0 Å². The lowest BCUT2D eigenvalue weighted by Crippen LogP contribution is -2.14. The number of nitrogens with zero attached hydrogens (tertiary/aromatic N) is 3. The number of aromatic hydroxyl groups is 1. The Bertz CT molecular complexity index is 1000. The van der Waals surface area contributed by atoms with Crippen LogP contribution >= 0.6 is 34.5 Å². The van der Waals surface area contributed by atoms with Crippen LogP contribution in [0.1, 0.15) is 19.4 Å². The highest BCUT2D eigenvalue weighted by Crippen LogP contribution is 2.30. The molecular formula is C19H17Cl2N3OS. The summed E-state index contributed by atoms with van der Waals surface area (Å²) in [6.07, 6.45) is 1.72. The lowest BCUT2D eigenvalue weighted by Gasteiger charge is -2.06. The van der Waals surface area contributed by atoms with Gasteiger partial charge in [-0.3, -0.25) is 4.99 Å². The van der Waals surface area contributed by atoms with Crippen molar-refractivity contribution in [3.05, 3.63) is 68.3 Å². The average Bonchev–Trinajstić information content (AvgIpc) is 2.96. The van der Waals surface area contributed by atoms with Gasteiger partial charge in [0.1, 0.15) is 5.75 Å². The van der Waals surface area contributed by atoms with E-state index in [1.54, 1.807) is 47.3 Å². The second-order valence-corrected chi connectivity index (χ2v) is 7.58. The van der Waals surface area contributed by atoms with Crippen molar-refractivity contribution in [1.29, 1.82) is 0 Å². The largest absolute Gasteiger partial charge is 0.508 e. The van der Waals surface area contributed by atoms with Crippen LogP contribution in [0.25, 0.3) is 11.3 Å². The Morgan fingerprint density at radius 1 is 1.12 bits per heavy atom. The van der Waals surface area contributed by atoms with Crippen molar-refractivity contribution in [2.45, 2.75) is 19.9 Å². The molecule has 0 spiro atoms. The lowest BCUT2D eigenvalue weighted by atomic mass is 10.2. The predicted molar refractivity (Wildman–Crippen MR) is 110 cm³/mol. The number of aromatic nitrogens is 1. The molecule has 0 aliphatic rings. The molecule has 0 unspecified atom stereocenters. The number of thiazole rings is 1. The van der Waals surface area contributed by atoms with Gasteiger partial charge in [0.25, 0.3) is 0 Å². The maximum absolute atomic E-state index is 9.41. The average molecular weight is 406 g/mol. The Morgan fingerprint density at radius 3 is 2.50 bits per heavy atom. The first-order valence-electron chi connectivity index (χ1n) is 7.97. The molecule has 3 aromatic rings. The summed E-state index contributed by atoms with van der Waals surface area (Å²) in [6, 6.07) is 12.3. The molecule has 0 atom stereocenters. The van der Waals surface area contributed by atoms with E-state index in [2.05, 4.69) is 10.1 Å². The van der Waals surface area contributed by atoms with Gasteiger partial charge in [0.15, 0.2) is 0 Å². The highest BCUT2D eigenvalue weighted by Gasteiger charge is 2.11. The first-order valence-corrected chi connectivity index (χ1v) is 9.61. The van der Waals surface area contributed by atoms with Crippen LogP contribution in [0.3, 0.4) is 0 Å². The van der Waals surface area contributed by atoms with Crippen LogP contribution in [0, 0.1) is 0 Å². The van der Waals surface area contributed by atoms with E-state index in [9.17, 15) is 5.11 Å². The molecule has 0 saturated heterocycles. The standard InChI is InChI=1S/C19H17Cl2N3OS/c1-12(2)23-19-24(22-10-13-3-6-15(25)7-4-13)18(11-26-19)16-8-5-14(20)9-17(16)21/h3-12,25H,1-2H3. The number of phenolic OH excluding ortho intramolecular Hbond substituents is 1. The van der Waals surface area contributed by atoms with Crippen molar-refractivity contribution in [3.63, 3.8) is 0 Å². The van der Waals surface area contributed by atoms with E-state index in [-0.39, 0.29) is 11.8 Å². The van der Waals surface area contributed by atoms with Gasteiger partial charge in [0, 0.05) is 22.0 Å². The molecule has 0 aliphatic heterocycles. The van der Waals surface area contributed by atoms with Crippen molar-refractivity contribution < 1.29 is 5.11 Å². The Labute approximate surface area is 165 Å². The maximum Gasteiger partial charge on any atom is 0.206 e. The molecule has 1 aromatic heterocycles. The topological polar surface area (TPSA) is 49.9 Å². The van der Waals surface area contributed by atoms with E-state index in [1.807, 2.05) is 25.3 Å². The second kappa shape index (κ2) is 8.08. The molecule has 0 amide bonds. The minimum Gasteiger partial charge on any atom is -0.508 e. The third-order valence-electron chi connectivity index (χ3n) is 3.48. The third-order valence-corrected chi connectivity index (χ3v) is 4.85. The van der Waals surface area contributed by atoms with Gasteiger partial charge in [-0.25, -0.2) is 4.68 Å². The van der Waals surface area contributed by atoms with Crippen molar-refractivity contribution in [2.24, 2.45) is 10.1 Å². The first-order chi connectivity index (χ1) is 12.4. The van der Waals surface area contributed by atoms with Crippen LogP contribution in [0.15, 0.2) is 57.9 Å². The van der Waals surface area contributed by atoms with Gasteiger partial charge in [-0.05, 0) is 61.9 Å². The maximum atomic E-state index is 9.41. The molecule has 0 bridgehead atoms. The number of hydrogen-bond acceptors (Lipinski definition) is 4. The number of halogens is 2. The Kier molecular flexibility index (Phi) is 5.81. The Balaban J connectivity index is 2.11. The zero-order valence-electron chi connectivity index (χ0n) is 14.2. The fraction of sp³-hybridized carbons (Fsp3) is 0.158. The zero-order chi connectivity index (χ0) is 18.7. The van der Waals surface area contributed by atoms with E-state index >= 15 is 0 Å². The van der Waals surface area contributed by atoms with Crippen molar-refractivity contribution in [3.8, 4) is 17.0 Å². The molecule has 4 nitrogen and oxygen atoms in total. The summed E-state index contributed by atoms with van der Waals surface area (Å²) in [5, 5.41) is 17.1. The Hall–Kier alpha value is -2.08. The number of hydrogen-bond donors (Lipinski definition) is 1. The molecule has 7 heteroatoms. The van der Waals surface area contributed by atoms with Crippen LogP contribution in [0.2, 0.25) is 10.0 Å². The summed E-state index contributed by atoms with van der Waals surface area (Å²) in [5.74, 6) is 0.217. The smallest absolute Gasteiger partial charge is 0.206 e. The Morgan fingerprint density at radius 2 is 1.85 bits per heavy atom. The van der Waals surface area contributed by atoms with E-state index in [0.29, 0.717) is 10.0 Å². The van der Waals surface area contributed by atoms with E-state index in [4.69, 9.17) is 23.2 Å². The molecule has 0 aliphatic carbocycles. The fourth-order valence-corrected chi connectivity index (χ4v) is 3.75. The summed E-state index contributed by atoms with van der Waals surface area (Å²) in [7, 11) is 0. The summed E-state index contributed by atoms with van der Waals surface area (Å²) in [4.78, 5) is 5.41. The first kappa shape index (κ1) is 18.7.